The summed E-state index contributed by atoms with van der Waals surface area (Å²) in [6.07, 6.45) is 9.02. The second kappa shape index (κ2) is 3.58. The van der Waals surface area contributed by atoms with Gasteiger partial charge in [0.2, 0.25) is 0 Å². The smallest absolute Gasteiger partial charge is 0.103 e. The van der Waals surface area contributed by atoms with E-state index < -0.39 is 0 Å². The van der Waals surface area contributed by atoms with Crippen molar-refractivity contribution in [2.75, 3.05) is 0 Å². The first kappa shape index (κ1) is 12.0. The minimum Gasteiger partial charge on any atom is -0.274 e. The molecule has 2 saturated carbocycles. The Morgan fingerprint density at radius 3 is 2.73 bits per heavy atom. The summed E-state index contributed by atoms with van der Waals surface area (Å²) in [7, 11) is 1.90. The molecule has 2 aliphatic rings. The van der Waals surface area contributed by atoms with Crippen LogP contribution in [0.4, 0.5) is 0 Å². The van der Waals surface area contributed by atoms with E-state index in [1.54, 1.807) is 10.9 Å². The topological polar surface area (TPSA) is 59.4 Å². The largest absolute Gasteiger partial charge is 0.274 e. The van der Waals surface area contributed by atoms with E-state index in [4.69, 9.17) is 0 Å². The lowest BCUT2D eigenvalue weighted by Gasteiger charge is -2.09. The molecule has 1 atom stereocenters. The van der Waals surface area contributed by atoms with Crippen LogP contribution in [-0.4, -0.2) is 19.6 Å². The van der Waals surface area contributed by atoms with Crippen molar-refractivity contribution in [3.8, 4) is 11.8 Å². The Hall–Kier alpha value is -2.61. The van der Waals surface area contributed by atoms with Crippen molar-refractivity contribution < 1.29 is 0 Å². The van der Waals surface area contributed by atoms with E-state index in [1.165, 1.54) is 12.8 Å². The lowest BCUT2D eigenvalue weighted by atomic mass is 9.93. The number of nitriles is 1. The van der Waals surface area contributed by atoms with Crippen molar-refractivity contribution in [2.45, 2.75) is 24.7 Å². The molecule has 5 rings (SSSR count). The van der Waals surface area contributed by atoms with Gasteiger partial charge in [-0.2, -0.15) is 15.5 Å². The number of aryl methyl sites for hydroxylation is 1. The maximum Gasteiger partial charge on any atom is 0.103 e. The fourth-order valence-electron chi connectivity index (χ4n) is 3.86. The molecule has 3 aromatic rings. The van der Waals surface area contributed by atoms with Crippen molar-refractivity contribution in [2.24, 2.45) is 12.5 Å². The van der Waals surface area contributed by atoms with Gasteiger partial charge in [-0.15, -0.1) is 0 Å². The molecule has 0 aliphatic heterocycles. The van der Waals surface area contributed by atoms with Crippen LogP contribution in [0.1, 0.15) is 24.8 Å². The summed E-state index contributed by atoms with van der Waals surface area (Å²) in [6.45, 7) is 0. The molecule has 0 radical (unpaired) electrons. The van der Waals surface area contributed by atoms with Crippen molar-refractivity contribution in [3.63, 3.8) is 0 Å². The number of hydrogen-bond donors (Lipinski definition) is 0. The van der Waals surface area contributed by atoms with Gasteiger partial charge >= 0.3 is 0 Å². The summed E-state index contributed by atoms with van der Waals surface area (Å²) < 4.78 is 3.67. The fraction of sp³-hybridized carbons (Fsp3) is 0.353. The van der Waals surface area contributed by atoms with Gasteiger partial charge in [0.1, 0.15) is 5.69 Å². The van der Waals surface area contributed by atoms with E-state index in [0.717, 1.165) is 28.6 Å². The fourth-order valence-corrected chi connectivity index (χ4v) is 3.86. The van der Waals surface area contributed by atoms with E-state index >= 15 is 0 Å². The van der Waals surface area contributed by atoms with Gasteiger partial charge in [-0.3, -0.25) is 4.68 Å². The van der Waals surface area contributed by atoms with Crippen LogP contribution in [0.25, 0.3) is 16.6 Å². The Morgan fingerprint density at radius 1 is 1.23 bits per heavy atom. The Labute approximate surface area is 127 Å². The second-order valence-corrected chi connectivity index (χ2v) is 6.68. The maximum absolute atomic E-state index is 9.71. The van der Waals surface area contributed by atoms with E-state index in [0.29, 0.717) is 0 Å². The zero-order valence-corrected chi connectivity index (χ0v) is 12.3. The summed E-state index contributed by atoms with van der Waals surface area (Å²) >= 11 is 0. The molecule has 2 fully saturated rings. The van der Waals surface area contributed by atoms with Crippen molar-refractivity contribution in [1.82, 2.24) is 19.6 Å². The van der Waals surface area contributed by atoms with Gasteiger partial charge < -0.3 is 0 Å². The molecular weight excluding hydrogens is 274 g/mol. The van der Waals surface area contributed by atoms with Gasteiger partial charge in [-0.05, 0) is 36.3 Å². The Morgan fingerprint density at radius 2 is 2.09 bits per heavy atom. The highest BCUT2D eigenvalue weighted by Gasteiger charge is 2.75. The molecule has 1 aromatic carbocycles. The lowest BCUT2D eigenvalue weighted by molar-refractivity contribution is 0.738. The number of benzene rings is 1. The van der Waals surface area contributed by atoms with Crippen molar-refractivity contribution in [1.29, 1.82) is 5.26 Å². The monoisotopic (exact) mass is 289 g/mol. The molecule has 0 N–H and O–H groups in total. The standard InChI is InChI=1S/C17H15N5/c1-21-9-14(8-19-21)22-15-6-13(3-2-12(15)7-20-22)17(11-18)10-16(17)4-5-16/h2-3,6-9H,4-5,10H2,1H3. The first-order valence-electron chi connectivity index (χ1n) is 7.56. The third-order valence-corrected chi connectivity index (χ3v) is 5.43. The van der Waals surface area contributed by atoms with Gasteiger partial charge in [0.05, 0.1) is 35.6 Å². The van der Waals surface area contributed by atoms with Gasteiger partial charge in [-0.1, -0.05) is 12.1 Å². The minimum absolute atomic E-state index is 0.259. The first-order chi connectivity index (χ1) is 10.7. The molecule has 22 heavy (non-hydrogen) atoms. The molecule has 2 aromatic heterocycles. The van der Waals surface area contributed by atoms with Crippen molar-refractivity contribution in [3.05, 3.63) is 42.4 Å². The molecule has 1 spiro atoms. The van der Waals surface area contributed by atoms with E-state index in [1.807, 2.05) is 24.1 Å². The summed E-state index contributed by atoms with van der Waals surface area (Å²) in [5, 5.41) is 19.5. The highest BCUT2D eigenvalue weighted by molar-refractivity contribution is 5.81. The van der Waals surface area contributed by atoms with Gasteiger partial charge in [0.25, 0.3) is 0 Å². The minimum atomic E-state index is -0.259. The predicted molar refractivity (Wildman–Crippen MR) is 81.4 cm³/mol. The van der Waals surface area contributed by atoms with E-state index in [2.05, 4.69) is 34.5 Å². The second-order valence-electron chi connectivity index (χ2n) is 6.68. The zero-order valence-electron chi connectivity index (χ0n) is 12.3. The number of nitrogens with zero attached hydrogens (tertiary/aromatic N) is 5. The molecule has 108 valence electrons. The molecule has 2 aliphatic carbocycles. The molecular formula is C17H15N5. The van der Waals surface area contributed by atoms with Gasteiger partial charge in [0, 0.05) is 12.4 Å². The molecule has 0 amide bonds. The number of hydrogen-bond acceptors (Lipinski definition) is 3. The number of fused-ring (bicyclic) bond motifs is 1. The quantitative estimate of drug-likeness (QED) is 0.728. The molecule has 5 nitrogen and oxygen atoms in total. The molecule has 0 saturated heterocycles. The predicted octanol–water partition coefficient (Wildman–Crippen LogP) is 2.70. The van der Waals surface area contributed by atoms with Crippen LogP contribution in [0, 0.1) is 16.7 Å². The zero-order chi connectivity index (χ0) is 14.9. The summed E-state index contributed by atoms with van der Waals surface area (Å²) in [6, 6.07) is 8.93. The number of rotatable bonds is 2. The summed E-state index contributed by atoms with van der Waals surface area (Å²) in [5.41, 5.74) is 3.16. The molecule has 5 heteroatoms. The molecule has 1 unspecified atom stereocenters. The van der Waals surface area contributed by atoms with E-state index in [9.17, 15) is 5.26 Å². The first-order valence-corrected chi connectivity index (χ1v) is 7.56. The maximum atomic E-state index is 9.71. The van der Waals surface area contributed by atoms with Crippen LogP contribution in [-0.2, 0) is 12.5 Å². The lowest BCUT2D eigenvalue weighted by Crippen LogP contribution is -2.07. The van der Waals surface area contributed by atoms with Crippen LogP contribution in [0.5, 0.6) is 0 Å². The van der Waals surface area contributed by atoms with Crippen molar-refractivity contribution >= 4 is 10.9 Å². The Kier molecular flexibility index (Phi) is 1.95. The third kappa shape index (κ3) is 1.32. The Balaban J connectivity index is 1.69. The van der Waals surface area contributed by atoms with Gasteiger partial charge in [-0.25, -0.2) is 4.68 Å². The SMILES string of the molecule is Cn1cc(-n2ncc3ccc(C4(C#N)CC45CC5)cc32)cn1. The van der Waals surface area contributed by atoms with Crippen LogP contribution < -0.4 is 0 Å². The summed E-state index contributed by atoms with van der Waals surface area (Å²) in [5.74, 6) is 0. The normalized spacial score (nSPS) is 24.5. The molecule has 0 bridgehead atoms. The van der Waals surface area contributed by atoms with Gasteiger partial charge in [0.15, 0.2) is 0 Å². The third-order valence-electron chi connectivity index (χ3n) is 5.43. The molecule has 2 heterocycles. The van der Waals surface area contributed by atoms with Crippen LogP contribution in [0.2, 0.25) is 0 Å². The highest BCUT2D eigenvalue weighted by atomic mass is 15.3. The average Bonchev–Trinajstić information content (AvgIpc) is 3.32. The Bertz CT molecular complexity index is 953. The van der Waals surface area contributed by atoms with E-state index in [-0.39, 0.29) is 10.8 Å². The van der Waals surface area contributed by atoms with Crippen LogP contribution >= 0.6 is 0 Å². The summed E-state index contributed by atoms with van der Waals surface area (Å²) in [4.78, 5) is 0. The average molecular weight is 289 g/mol. The number of aromatic nitrogens is 4. The van der Waals surface area contributed by atoms with Crippen LogP contribution in [0.3, 0.4) is 0 Å². The van der Waals surface area contributed by atoms with Crippen LogP contribution in [0.15, 0.2) is 36.8 Å². The highest BCUT2D eigenvalue weighted by Crippen LogP contribution is 2.78.